The zero-order valence-corrected chi connectivity index (χ0v) is 28.7. The van der Waals surface area contributed by atoms with Gasteiger partial charge in [0.15, 0.2) is 6.10 Å². The van der Waals surface area contributed by atoms with E-state index < -0.39 is 17.6 Å². The molecule has 51 heavy (non-hydrogen) atoms. The number of hydrogen-bond donors (Lipinski definition) is 6. The summed E-state index contributed by atoms with van der Waals surface area (Å²) in [6, 6.07) is 24.8. The minimum Gasteiger partial charge on any atom is -0.507 e. The molecule has 3 aliphatic rings. The SMILES string of the molecule is NC(N)=C(/C=C(\N)c1ccccc1O)N1CCC(NC(=O)CN2CCC(c3ccc(OC4CCC(=O)NC4=O)cc3)CC2)(c2ccccc2)CC1. The van der Waals surface area contributed by atoms with E-state index in [1.807, 2.05) is 42.5 Å². The summed E-state index contributed by atoms with van der Waals surface area (Å²) in [5.74, 6) is 0.492. The number of phenols is 1. The number of likely N-dealkylation sites (tertiary alicyclic amines) is 2. The van der Waals surface area contributed by atoms with E-state index in [1.54, 1.807) is 30.3 Å². The van der Waals surface area contributed by atoms with Gasteiger partial charge in [-0.05, 0) is 86.2 Å². The lowest BCUT2D eigenvalue weighted by Gasteiger charge is -2.44. The van der Waals surface area contributed by atoms with Crippen LogP contribution in [0.2, 0.25) is 0 Å². The molecule has 0 saturated carbocycles. The summed E-state index contributed by atoms with van der Waals surface area (Å²) in [6.45, 7) is 3.07. The summed E-state index contributed by atoms with van der Waals surface area (Å²) in [7, 11) is 0. The molecule has 3 saturated heterocycles. The van der Waals surface area contributed by atoms with E-state index in [4.69, 9.17) is 21.9 Å². The van der Waals surface area contributed by atoms with E-state index in [0.29, 0.717) is 67.5 Å². The number of carbonyl (C=O) groups excluding carboxylic acids is 3. The number of rotatable bonds is 10. The van der Waals surface area contributed by atoms with Crippen molar-refractivity contribution in [3.05, 3.63) is 113 Å². The molecule has 1 unspecified atom stereocenters. The lowest BCUT2D eigenvalue weighted by molar-refractivity contribution is -0.139. The Morgan fingerprint density at radius 3 is 2.22 bits per heavy atom. The average molecular weight is 694 g/mol. The Hall–Kier alpha value is -5.49. The van der Waals surface area contributed by atoms with Crippen LogP contribution in [0.3, 0.4) is 0 Å². The van der Waals surface area contributed by atoms with E-state index in [2.05, 4.69) is 32.6 Å². The largest absolute Gasteiger partial charge is 0.507 e. The van der Waals surface area contributed by atoms with Crippen LogP contribution < -0.4 is 32.6 Å². The number of hydrogen-bond acceptors (Lipinski definition) is 10. The van der Waals surface area contributed by atoms with Gasteiger partial charge in [0, 0.05) is 37.2 Å². The highest BCUT2D eigenvalue weighted by Gasteiger charge is 2.38. The van der Waals surface area contributed by atoms with Crippen molar-refractivity contribution in [3.8, 4) is 11.5 Å². The number of nitrogens with zero attached hydrogens (tertiary/aromatic N) is 2. The number of amides is 3. The van der Waals surface area contributed by atoms with Crippen LogP contribution in [0.1, 0.15) is 61.1 Å². The molecule has 12 nitrogen and oxygen atoms in total. The van der Waals surface area contributed by atoms with Crippen molar-refractivity contribution in [1.82, 2.24) is 20.4 Å². The number of piperidine rings is 3. The molecule has 0 aliphatic carbocycles. The van der Waals surface area contributed by atoms with E-state index >= 15 is 0 Å². The van der Waals surface area contributed by atoms with Gasteiger partial charge < -0.3 is 37.3 Å². The van der Waals surface area contributed by atoms with Crippen molar-refractivity contribution in [1.29, 1.82) is 0 Å². The first kappa shape index (κ1) is 35.3. The van der Waals surface area contributed by atoms with Crippen LogP contribution in [-0.4, -0.2) is 71.5 Å². The summed E-state index contributed by atoms with van der Waals surface area (Å²) in [4.78, 5) is 41.5. The van der Waals surface area contributed by atoms with E-state index in [9.17, 15) is 19.5 Å². The maximum Gasteiger partial charge on any atom is 0.267 e. The number of nitrogens with one attached hydrogen (secondary N) is 2. The zero-order chi connectivity index (χ0) is 36.0. The van der Waals surface area contributed by atoms with Gasteiger partial charge in [-0.15, -0.1) is 0 Å². The predicted molar refractivity (Wildman–Crippen MR) is 194 cm³/mol. The van der Waals surface area contributed by atoms with Gasteiger partial charge in [-0.25, -0.2) is 0 Å². The highest BCUT2D eigenvalue weighted by atomic mass is 16.5. The molecule has 3 amide bonds. The lowest BCUT2D eigenvalue weighted by Crippen LogP contribution is -2.55. The molecule has 9 N–H and O–H groups in total. The minimum atomic E-state index is -0.659. The van der Waals surface area contributed by atoms with Gasteiger partial charge in [-0.3, -0.25) is 24.6 Å². The van der Waals surface area contributed by atoms with E-state index in [-0.39, 0.29) is 29.8 Å². The highest BCUT2D eigenvalue weighted by molar-refractivity contribution is 5.99. The second-order valence-electron chi connectivity index (χ2n) is 13.6. The molecular weight excluding hydrogens is 646 g/mol. The monoisotopic (exact) mass is 693 g/mol. The second kappa shape index (κ2) is 15.6. The van der Waals surface area contributed by atoms with Crippen LogP contribution in [0, 0.1) is 0 Å². The Kier molecular flexibility index (Phi) is 10.8. The lowest BCUT2D eigenvalue weighted by atomic mass is 9.80. The summed E-state index contributed by atoms with van der Waals surface area (Å²) in [5.41, 5.74) is 21.8. The van der Waals surface area contributed by atoms with Crippen molar-refractivity contribution < 1.29 is 24.2 Å². The molecule has 3 aromatic rings. The van der Waals surface area contributed by atoms with Crippen molar-refractivity contribution in [2.75, 3.05) is 32.7 Å². The number of imide groups is 1. The van der Waals surface area contributed by atoms with Gasteiger partial charge in [-0.1, -0.05) is 54.6 Å². The predicted octanol–water partition coefficient (Wildman–Crippen LogP) is 2.95. The number of ether oxygens (including phenoxy) is 1. The Balaban J connectivity index is 1.05. The number of para-hydroxylation sites is 1. The standard InChI is InChI=1S/C39H47N7O5/c40-31(30-8-4-5-9-33(30)47)24-32(37(41)42)46-22-18-39(19-23-46,28-6-2-1-3-7-28)44-36(49)25-45-20-16-27(17-21-45)26-10-12-29(13-11-26)51-34-14-15-35(48)43-38(34)50/h1-13,24,27,34,47H,14-23,25,40-42H2,(H,44,49)(H,43,48,50)/b31-24-. The van der Waals surface area contributed by atoms with Crippen LogP contribution in [0.15, 0.2) is 96.5 Å². The van der Waals surface area contributed by atoms with E-state index in [0.717, 1.165) is 31.5 Å². The van der Waals surface area contributed by atoms with Crippen LogP contribution in [0.5, 0.6) is 11.5 Å². The number of carbonyl (C=O) groups is 3. The number of aromatic hydroxyl groups is 1. The van der Waals surface area contributed by atoms with Crippen molar-refractivity contribution in [3.63, 3.8) is 0 Å². The number of benzene rings is 3. The fraction of sp³-hybridized carbons (Fsp3) is 0.359. The molecule has 6 rings (SSSR count). The maximum atomic E-state index is 13.7. The van der Waals surface area contributed by atoms with Gasteiger partial charge in [0.25, 0.3) is 5.91 Å². The number of nitrogens with two attached hydrogens (primary N) is 3. The summed E-state index contributed by atoms with van der Waals surface area (Å²) >= 11 is 0. The van der Waals surface area contributed by atoms with Crippen LogP contribution >= 0.6 is 0 Å². The average Bonchev–Trinajstić information content (AvgIpc) is 3.13. The molecule has 268 valence electrons. The smallest absolute Gasteiger partial charge is 0.267 e. The molecule has 0 radical (unpaired) electrons. The topological polar surface area (TPSA) is 189 Å². The highest BCUT2D eigenvalue weighted by Crippen LogP contribution is 2.36. The van der Waals surface area contributed by atoms with Crippen LogP contribution in [0.25, 0.3) is 5.70 Å². The molecule has 0 bridgehead atoms. The summed E-state index contributed by atoms with van der Waals surface area (Å²) in [5, 5.41) is 16.0. The normalized spacial score (nSPS) is 20.0. The molecule has 0 aromatic heterocycles. The Labute approximate surface area is 298 Å². The third-order valence-corrected chi connectivity index (χ3v) is 10.2. The molecule has 3 fully saturated rings. The Bertz CT molecular complexity index is 1770. The molecule has 3 heterocycles. The first-order valence-electron chi connectivity index (χ1n) is 17.5. The fourth-order valence-corrected chi connectivity index (χ4v) is 7.38. The molecule has 3 aliphatic heterocycles. The van der Waals surface area contributed by atoms with Crippen molar-refractivity contribution in [2.45, 2.75) is 56.1 Å². The van der Waals surface area contributed by atoms with Crippen molar-refractivity contribution in [2.24, 2.45) is 17.2 Å². The first-order valence-corrected chi connectivity index (χ1v) is 17.5. The van der Waals surface area contributed by atoms with E-state index in [1.165, 1.54) is 5.56 Å². The third kappa shape index (κ3) is 8.46. The zero-order valence-electron chi connectivity index (χ0n) is 28.7. The summed E-state index contributed by atoms with van der Waals surface area (Å²) in [6.07, 6.45) is 4.80. The molecule has 1 atom stereocenters. The summed E-state index contributed by atoms with van der Waals surface area (Å²) < 4.78 is 5.84. The first-order chi connectivity index (χ1) is 24.6. The van der Waals surface area contributed by atoms with Crippen LogP contribution in [0.4, 0.5) is 0 Å². The number of phenolic OH excluding ortho intramolecular Hbond substituents is 1. The second-order valence-corrected chi connectivity index (χ2v) is 13.6. The van der Waals surface area contributed by atoms with Gasteiger partial charge in [-0.2, -0.15) is 0 Å². The Morgan fingerprint density at radius 2 is 1.57 bits per heavy atom. The molecular formula is C39H47N7O5. The molecule has 0 spiro atoms. The van der Waals surface area contributed by atoms with Gasteiger partial charge in [0.1, 0.15) is 17.3 Å². The van der Waals surface area contributed by atoms with Crippen molar-refractivity contribution >= 4 is 23.4 Å². The maximum absolute atomic E-state index is 13.7. The van der Waals surface area contributed by atoms with Gasteiger partial charge in [0.2, 0.25) is 11.8 Å². The van der Waals surface area contributed by atoms with Crippen LogP contribution in [-0.2, 0) is 19.9 Å². The number of allylic oxidation sites excluding steroid dienone is 1. The molecule has 3 aromatic carbocycles. The third-order valence-electron chi connectivity index (χ3n) is 10.2. The fourth-order valence-electron chi connectivity index (χ4n) is 7.38. The van der Waals surface area contributed by atoms with Gasteiger partial charge in [0.05, 0.1) is 17.8 Å². The molecule has 12 heteroatoms. The quantitative estimate of drug-likeness (QED) is 0.136. The Morgan fingerprint density at radius 1 is 0.902 bits per heavy atom. The van der Waals surface area contributed by atoms with Gasteiger partial charge >= 0.3 is 0 Å². The minimum absolute atomic E-state index is 0.0153.